The van der Waals surface area contributed by atoms with Crippen molar-refractivity contribution < 1.29 is 24.2 Å². The van der Waals surface area contributed by atoms with Crippen molar-refractivity contribution in [2.45, 2.75) is 18.6 Å². The second-order valence-electron chi connectivity index (χ2n) is 4.59. The number of nitrogens with zero attached hydrogens (tertiary/aromatic N) is 1. The minimum absolute atomic E-state index is 0.131. The van der Waals surface area contributed by atoms with E-state index in [0.717, 1.165) is 0 Å². The Hall–Kier alpha value is -2.13. The number of imidazole rings is 1. The van der Waals surface area contributed by atoms with Gasteiger partial charge in [-0.05, 0) is 0 Å². The van der Waals surface area contributed by atoms with Gasteiger partial charge in [0, 0.05) is 24.9 Å². The van der Waals surface area contributed by atoms with Crippen molar-refractivity contribution in [2.75, 3.05) is 26.4 Å². The molecule has 0 spiro atoms. The lowest BCUT2D eigenvalue weighted by molar-refractivity contribution is -0.139. The third-order valence-electron chi connectivity index (χ3n) is 2.96. The first-order valence-electron chi connectivity index (χ1n) is 6.59. The van der Waals surface area contributed by atoms with Gasteiger partial charge in [-0.3, -0.25) is 0 Å². The fourth-order valence-corrected chi connectivity index (χ4v) is 1.89. The molecular formula is C12H18N4O5. The van der Waals surface area contributed by atoms with Crippen molar-refractivity contribution in [3.8, 4) is 0 Å². The summed E-state index contributed by atoms with van der Waals surface area (Å²) in [5.74, 6) is -1.11. The summed E-state index contributed by atoms with van der Waals surface area (Å²) >= 11 is 0. The zero-order chi connectivity index (χ0) is 15.1. The molecule has 1 saturated heterocycles. The molecule has 1 aliphatic rings. The lowest BCUT2D eigenvalue weighted by atomic mass is 10.2. The number of aromatic amines is 1. The van der Waals surface area contributed by atoms with Crippen LogP contribution in [-0.2, 0) is 20.7 Å². The number of nitrogens with one attached hydrogen (secondary N) is 3. The van der Waals surface area contributed by atoms with Crippen LogP contribution in [0.2, 0.25) is 0 Å². The van der Waals surface area contributed by atoms with Crippen molar-refractivity contribution in [3.05, 3.63) is 18.2 Å². The maximum atomic E-state index is 11.7. The fraction of sp³-hybridized carbons (Fsp3) is 0.583. The molecule has 116 valence electrons. The van der Waals surface area contributed by atoms with Crippen molar-refractivity contribution >= 4 is 12.0 Å². The first-order valence-corrected chi connectivity index (χ1v) is 6.59. The van der Waals surface area contributed by atoms with Crippen molar-refractivity contribution in [2.24, 2.45) is 0 Å². The van der Waals surface area contributed by atoms with Gasteiger partial charge in [0.05, 0.1) is 32.3 Å². The van der Waals surface area contributed by atoms with Crippen LogP contribution in [-0.4, -0.2) is 65.6 Å². The quantitative estimate of drug-likeness (QED) is 0.540. The van der Waals surface area contributed by atoms with Crippen molar-refractivity contribution in [1.29, 1.82) is 0 Å². The van der Waals surface area contributed by atoms with E-state index in [9.17, 15) is 9.59 Å². The van der Waals surface area contributed by atoms with E-state index >= 15 is 0 Å². The number of urea groups is 1. The average molecular weight is 298 g/mol. The zero-order valence-corrected chi connectivity index (χ0v) is 11.4. The monoisotopic (exact) mass is 298 g/mol. The minimum atomic E-state index is -1.11. The number of amides is 2. The molecular weight excluding hydrogens is 280 g/mol. The Bertz CT molecular complexity index is 458. The Morgan fingerprint density at radius 3 is 3.00 bits per heavy atom. The molecule has 2 heterocycles. The molecule has 1 unspecified atom stereocenters. The highest BCUT2D eigenvalue weighted by Gasteiger charge is 2.22. The van der Waals surface area contributed by atoms with Gasteiger partial charge in [0.2, 0.25) is 0 Å². The third kappa shape index (κ3) is 5.04. The minimum Gasteiger partial charge on any atom is -0.480 e. The number of carboxylic acid groups (broad SMARTS) is 1. The molecule has 21 heavy (non-hydrogen) atoms. The number of ether oxygens (including phenoxy) is 2. The number of H-pyrrole nitrogens is 1. The molecule has 0 aliphatic carbocycles. The summed E-state index contributed by atoms with van der Waals surface area (Å²) in [6.45, 7) is 1.72. The molecule has 1 aliphatic heterocycles. The number of carbonyl (C=O) groups excluding carboxylic acids is 1. The van der Waals surface area contributed by atoms with Crippen LogP contribution in [0.25, 0.3) is 0 Å². The molecule has 9 heteroatoms. The van der Waals surface area contributed by atoms with Gasteiger partial charge in [0.15, 0.2) is 0 Å². The summed E-state index contributed by atoms with van der Waals surface area (Å²) in [6, 6.07) is -1.59. The van der Waals surface area contributed by atoms with Gasteiger partial charge < -0.3 is 30.2 Å². The second-order valence-corrected chi connectivity index (χ2v) is 4.59. The normalized spacial score (nSPS) is 19.7. The number of aliphatic carboxylic acids is 1. The van der Waals surface area contributed by atoms with Gasteiger partial charge in [-0.2, -0.15) is 0 Å². The number of carbonyl (C=O) groups is 2. The Morgan fingerprint density at radius 2 is 2.38 bits per heavy atom. The number of hydrogen-bond acceptors (Lipinski definition) is 5. The lowest BCUT2D eigenvalue weighted by Crippen LogP contribution is -2.49. The molecule has 2 atom stereocenters. The van der Waals surface area contributed by atoms with E-state index in [1.165, 1.54) is 12.5 Å². The Kier molecular flexibility index (Phi) is 5.52. The molecule has 4 N–H and O–H groups in total. The van der Waals surface area contributed by atoms with Gasteiger partial charge in [-0.25, -0.2) is 14.6 Å². The number of aromatic nitrogens is 2. The molecule has 1 aromatic rings. The summed E-state index contributed by atoms with van der Waals surface area (Å²) in [5.41, 5.74) is 0.631. The number of carboxylic acids is 1. The summed E-state index contributed by atoms with van der Waals surface area (Å²) in [5, 5.41) is 14.1. The van der Waals surface area contributed by atoms with E-state index in [2.05, 4.69) is 20.6 Å². The van der Waals surface area contributed by atoms with Gasteiger partial charge in [0.25, 0.3) is 0 Å². The summed E-state index contributed by atoms with van der Waals surface area (Å²) < 4.78 is 10.6. The van der Waals surface area contributed by atoms with Crippen LogP contribution in [0.5, 0.6) is 0 Å². The van der Waals surface area contributed by atoms with Crippen LogP contribution < -0.4 is 10.6 Å². The van der Waals surface area contributed by atoms with Crippen molar-refractivity contribution in [1.82, 2.24) is 20.6 Å². The predicted molar refractivity (Wildman–Crippen MR) is 70.8 cm³/mol. The average Bonchev–Trinajstić information content (AvgIpc) is 2.98. The van der Waals surface area contributed by atoms with Crippen LogP contribution in [0, 0.1) is 0 Å². The summed E-state index contributed by atoms with van der Waals surface area (Å²) in [6.07, 6.45) is 2.89. The van der Waals surface area contributed by atoms with Crippen LogP contribution in [0.15, 0.2) is 12.5 Å². The number of hydrogen-bond donors (Lipinski definition) is 4. The fourth-order valence-electron chi connectivity index (χ4n) is 1.89. The smallest absolute Gasteiger partial charge is 0.326 e. The van der Waals surface area contributed by atoms with Crippen molar-refractivity contribution in [3.63, 3.8) is 0 Å². The second kappa shape index (κ2) is 7.60. The van der Waals surface area contributed by atoms with E-state index in [0.29, 0.717) is 25.5 Å². The molecule has 0 saturated carbocycles. The van der Waals surface area contributed by atoms with Gasteiger partial charge in [-0.1, -0.05) is 0 Å². The maximum Gasteiger partial charge on any atom is 0.326 e. The maximum absolute atomic E-state index is 11.7. The van der Waals surface area contributed by atoms with E-state index in [-0.39, 0.29) is 19.1 Å². The zero-order valence-electron chi connectivity index (χ0n) is 11.4. The van der Waals surface area contributed by atoms with Gasteiger partial charge in [0.1, 0.15) is 6.04 Å². The van der Waals surface area contributed by atoms with Crippen LogP contribution in [0.4, 0.5) is 4.79 Å². The molecule has 2 amide bonds. The highest BCUT2D eigenvalue weighted by atomic mass is 16.6. The van der Waals surface area contributed by atoms with E-state index in [4.69, 9.17) is 14.6 Å². The Morgan fingerprint density at radius 1 is 1.52 bits per heavy atom. The summed E-state index contributed by atoms with van der Waals surface area (Å²) in [4.78, 5) is 29.5. The van der Waals surface area contributed by atoms with Gasteiger partial charge in [-0.15, -0.1) is 0 Å². The first kappa shape index (κ1) is 15.3. The SMILES string of the molecule is O=C(NCC1COCCO1)N[C@H](Cc1cnc[nH]1)C(=O)O. The molecule has 0 radical (unpaired) electrons. The molecule has 0 aromatic carbocycles. The van der Waals surface area contributed by atoms with Gasteiger partial charge >= 0.3 is 12.0 Å². The standard InChI is InChI=1S/C12H18N4O5/c17-11(18)10(3-8-4-13-7-15-8)16-12(19)14-5-9-6-20-1-2-21-9/h4,7,9-10H,1-3,5-6H2,(H,13,15)(H,17,18)(H2,14,16,19)/t9?,10-/m1/s1. The lowest BCUT2D eigenvalue weighted by Gasteiger charge is -2.23. The number of rotatable bonds is 6. The Balaban J connectivity index is 1.76. The van der Waals surface area contributed by atoms with Crippen LogP contribution in [0.3, 0.4) is 0 Å². The highest BCUT2D eigenvalue weighted by molar-refractivity contribution is 5.82. The summed E-state index contributed by atoms with van der Waals surface area (Å²) in [7, 11) is 0. The third-order valence-corrected chi connectivity index (χ3v) is 2.96. The molecule has 2 rings (SSSR count). The first-order chi connectivity index (χ1) is 10.1. The van der Waals surface area contributed by atoms with Crippen LogP contribution >= 0.6 is 0 Å². The molecule has 1 fully saturated rings. The van der Waals surface area contributed by atoms with E-state index in [1.54, 1.807) is 0 Å². The largest absolute Gasteiger partial charge is 0.480 e. The van der Waals surface area contributed by atoms with Crippen LogP contribution in [0.1, 0.15) is 5.69 Å². The Labute approximate surface area is 121 Å². The van der Waals surface area contributed by atoms with E-state index < -0.39 is 18.0 Å². The molecule has 1 aromatic heterocycles. The highest BCUT2D eigenvalue weighted by Crippen LogP contribution is 2.00. The molecule has 0 bridgehead atoms. The predicted octanol–water partition coefficient (Wildman–Crippen LogP) is -0.880. The topological polar surface area (TPSA) is 126 Å². The molecule has 9 nitrogen and oxygen atoms in total. The van der Waals surface area contributed by atoms with E-state index in [1.807, 2.05) is 0 Å².